The molecular formula is C23H20Cl2N2O4. The SMILES string of the molecule is COc1ccc(CN2C(=O)c3nc(Cl)cc(Cl)c3C2(O)c2ccccc2C)c(OC)c1. The Kier molecular flexibility index (Phi) is 5.56. The van der Waals surface area contributed by atoms with E-state index < -0.39 is 11.6 Å². The monoisotopic (exact) mass is 458 g/mol. The number of hydrogen-bond acceptors (Lipinski definition) is 5. The molecule has 0 spiro atoms. The molecule has 6 nitrogen and oxygen atoms in total. The topological polar surface area (TPSA) is 71.9 Å². The number of nitrogens with zero attached hydrogens (tertiary/aromatic N) is 2. The smallest absolute Gasteiger partial charge is 0.276 e. The summed E-state index contributed by atoms with van der Waals surface area (Å²) in [6.45, 7) is 1.90. The highest BCUT2D eigenvalue weighted by Gasteiger charge is 2.53. The number of carbonyl (C=O) groups excluding carboxylic acids is 1. The zero-order valence-electron chi connectivity index (χ0n) is 17.1. The zero-order chi connectivity index (χ0) is 22.3. The number of benzene rings is 2. The van der Waals surface area contributed by atoms with E-state index >= 15 is 0 Å². The van der Waals surface area contributed by atoms with Crippen LogP contribution in [0.3, 0.4) is 0 Å². The minimum Gasteiger partial charge on any atom is -0.497 e. The van der Waals surface area contributed by atoms with Crippen LogP contribution in [-0.4, -0.2) is 35.1 Å². The third-order valence-electron chi connectivity index (χ3n) is 5.47. The highest BCUT2D eigenvalue weighted by atomic mass is 35.5. The van der Waals surface area contributed by atoms with Gasteiger partial charge in [-0.1, -0.05) is 47.5 Å². The van der Waals surface area contributed by atoms with Gasteiger partial charge in [-0.05, 0) is 30.7 Å². The molecule has 1 N–H and O–H groups in total. The molecule has 1 aromatic heterocycles. The number of pyridine rings is 1. The van der Waals surface area contributed by atoms with Crippen LogP contribution in [0, 0.1) is 6.92 Å². The van der Waals surface area contributed by atoms with Crippen molar-refractivity contribution in [2.75, 3.05) is 14.2 Å². The van der Waals surface area contributed by atoms with Crippen LogP contribution >= 0.6 is 23.2 Å². The molecule has 160 valence electrons. The zero-order valence-corrected chi connectivity index (χ0v) is 18.7. The number of aromatic nitrogens is 1. The summed E-state index contributed by atoms with van der Waals surface area (Å²) >= 11 is 12.6. The quantitative estimate of drug-likeness (QED) is 0.567. The van der Waals surface area contributed by atoms with E-state index in [1.807, 2.05) is 19.1 Å². The molecule has 1 atom stereocenters. The molecule has 8 heteroatoms. The van der Waals surface area contributed by atoms with Crippen molar-refractivity contribution >= 4 is 29.1 Å². The number of hydrogen-bond donors (Lipinski definition) is 1. The number of rotatable bonds is 5. The van der Waals surface area contributed by atoms with Crippen molar-refractivity contribution in [2.45, 2.75) is 19.2 Å². The van der Waals surface area contributed by atoms with Gasteiger partial charge in [0.15, 0.2) is 5.72 Å². The molecule has 1 unspecified atom stereocenters. The lowest BCUT2D eigenvalue weighted by molar-refractivity contribution is -0.0548. The molecule has 0 bridgehead atoms. The summed E-state index contributed by atoms with van der Waals surface area (Å²) in [5.41, 5.74) is 0.404. The number of methoxy groups -OCH3 is 2. The van der Waals surface area contributed by atoms with Gasteiger partial charge in [0.1, 0.15) is 22.3 Å². The fraction of sp³-hybridized carbons (Fsp3) is 0.217. The summed E-state index contributed by atoms with van der Waals surface area (Å²) in [4.78, 5) is 19.0. The Bertz CT molecular complexity index is 1180. The standard InChI is InChI=1S/C23H20Cl2N2O4/c1-13-6-4-5-7-16(13)23(29)20-17(24)11-19(25)26-21(20)22(28)27(23)12-14-8-9-15(30-2)10-18(14)31-3/h4-11,29H,12H2,1-3H3. The van der Waals surface area contributed by atoms with Crippen molar-refractivity contribution in [3.63, 3.8) is 0 Å². The molecule has 3 aromatic rings. The van der Waals surface area contributed by atoms with Crippen LogP contribution in [-0.2, 0) is 12.3 Å². The molecule has 0 saturated heterocycles. The van der Waals surface area contributed by atoms with Crippen molar-refractivity contribution in [3.05, 3.63) is 86.7 Å². The molecule has 0 fully saturated rings. The molecule has 2 heterocycles. The minimum absolute atomic E-state index is 0.0238. The highest BCUT2D eigenvalue weighted by molar-refractivity contribution is 6.35. The second-order valence-electron chi connectivity index (χ2n) is 7.21. The first kappa shape index (κ1) is 21.4. The van der Waals surface area contributed by atoms with Crippen molar-refractivity contribution < 1.29 is 19.4 Å². The minimum atomic E-state index is -1.84. The summed E-state index contributed by atoms with van der Waals surface area (Å²) in [6.07, 6.45) is 0. The predicted molar refractivity (Wildman–Crippen MR) is 118 cm³/mol. The Morgan fingerprint density at radius 2 is 1.84 bits per heavy atom. The molecule has 0 aliphatic carbocycles. The van der Waals surface area contributed by atoms with Gasteiger partial charge in [-0.15, -0.1) is 0 Å². The van der Waals surface area contributed by atoms with Crippen molar-refractivity contribution in [1.82, 2.24) is 9.88 Å². The molecule has 1 aliphatic heterocycles. The van der Waals surface area contributed by atoms with Crippen LogP contribution in [0.15, 0.2) is 48.5 Å². The van der Waals surface area contributed by atoms with Gasteiger partial charge in [-0.3, -0.25) is 9.69 Å². The van der Waals surface area contributed by atoms with E-state index in [0.717, 1.165) is 5.56 Å². The first-order valence-corrected chi connectivity index (χ1v) is 10.2. The molecule has 31 heavy (non-hydrogen) atoms. The molecule has 0 radical (unpaired) electrons. The van der Waals surface area contributed by atoms with Gasteiger partial charge in [0.25, 0.3) is 5.91 Å². The average Bonchev–Trinajstić information content (AvgIpc) is 2.96. The summed E-state index contributed by atoms with van der Waals surface area (Å²) in [5.74, 6) is 0.651. The number of aliphatic hydroxyl groups is 1. The van der Waals surface area contributed by atoms with Crippen LogP contribution in [0.25, 0.3) is 0 Å². The average molecular weight is 459 g/mol. The molecule has 2 aromatic carbocycles. The van der Waals surface area contributed by atoms with Gasteiger partial charge in [0.05, 0.1) is 31.4 Å². The summed E-state index contributed by atoms with van der Waals surface area (Å²) in [6, 6.07) is 14.0. The van der Waals surface area contributed by atoms with E-state index in [1.54, 1.807) is 37.4 Å². The maximum atomic E-state index is 13.4. The highest BCUT2D eigenvalue weighted by Crippen LogP contribution is 2.47. The number of aryl methyl sites for hydroxylation is 1. The maximum Gasteiger partial charge on any atom is 0.276 e. The number of amides is 1. The summed E-state index contributed by atoms with van der Waals surface area (Å²) in [5, 5.41) is 12.3. The van der Waals surface area contributed by atoms with Gasteiger partial charge in [0, 0.05) is 17.2 Å². The van der Waals surface area contributed by atoms with E-state index in [-0.39, 0.29) is 28.0 Å². The van der Waals surface area contributed by atoms with Gasteiger partial charge in [-0.2, -0.15) is 0 Å². The van der Waals surface area contributed by atoms with Crippen LogP contribution in [0.1, 0.15) is 32.7 Å². The fourth-order valence-corrected chi connectivity index (χ4v) is 4.54. The van der Waals surface area contributed by atoms with E-state index in [0.29, 0.717) is 22.6 Å². The van der Waals surface area contributed by atoms with Gasteiger partial charge >= 0.3 is 0 Å². The van der Waals surface area contributed by atoms with E-state index in [4.69, 9.17) is 32.7 Å². The van der Waals surface area contributed by atoms with Gasteiger partial charge < -0.3 is 14.6 Å². The second-order valence-corrected chi connectivity index (χ2v) is 8.00. The number of halogens is 2. The third kappa shape index (κ3) is 3.41. The molecule has 1 aliphatic rings. The third-order valence-corrected chi connectivity index (χ3v) is 5.96. The Balaban J connectivity index is 1.92. The van der Waals surface area contributed by atoms with Crippen LogP contribution in [0.5, 0.6) is 11.5 Å². The first-order valence-electron chi connectivity index (χ1n) is 9.49. The number of fused-ring (bicyclic) bond motifs is 1. The molecule has 4 rings (SSSR count). The fourth-order valence-electron chi connectivity index (χ4n) is 3.96. The Labute approximate surface area is 189 Å². The second kappa shape index (κ2) is 8.04. The van der Waals surface area contributed by atoms with E-state index in [1.165, 1.54) is 18.1 Å². The summed E-state index contributed by atoms with van der Waals surface area (Å²) < 4.78 is 10.7. The normalized spacial score (nSPS) is 17.6. The van der Waals surface area contributed by atoms with Crippen LogP contribution in [0.4, 0.5) is 0 Å². The largest absolute Gasteiger partial charge is 0.497 e. The Morgan fingerprint density at radius 1 is 1.10 bits per heavy atom. The van der Waals surface area contributed by atoms with Crippen LogP contribution < -0.4 is 9.47 Å². The first-order chi connectivity index (χ1) is 14.8. The van der Waals surface area contributed by atoms with Crippen molar-refractivity contribution in [1.29, 1.82) is 0 Å². The van der Waals surface area contributed by atoms with Crippen LogP contribution in [0.2, 0.25) is 10.2 Å². The predicted octanol–water partition coefficient (Wildman–Crippen LogP) is 4.56. The molecular weight excluding hydrogens is 439 g/mol. The Hall–Kier alpha value is -2.80. The van der Waals surface area contributed by atoms with E-state index in [9.17, 15) is 9.90 Å². The number of ether oxygens (including phenoxy) is 2. The van der Waals surface area contributed by atoms with Gasteiger partial charge in [0.2, 0.25) is 0 Å². The Morgan fingerprint density at radius 3 is 2.52 bits per heavy atom. The van der Waals surface area contributed by atoms with Gasteiger partial charge in [-0.25, -0.2) is 4.98 Å². The summed E-state index contributed by atoms with van der Waals surface area (Å²) in [7, 11) is 3.09. The lowest BCUT2D eigenvalue weighted by Crippen LogP contribution is -2.44. The number of carbonyl (C=O) groups is 1. The van der Waals surface area contributed by atoms with E-state index in [2.05, 4.69) is 4.98 Å². The van der Waals surface area contributed by atoms with Crippen molar-refractivity contribution in [2.24, 2.45) is 0 Å². The lowest BCUT2D eigenvalue weighted by atomic mass is 9.91. The molecule has 0 saturated carbocycles. The lowest BCUT2D eigenvalue weighted by Gasteiger charge is -2.36. The molecule has 1 amide bonds. The maximum absolute atomic E-state index is 13.4. The van der Waals surface area contributed by atoms with Crippen molar-refractivity contribution in [3.8, 4) is 11.5 Å².